The van der Waals surface area contributed by atoms with E-state index in [1.807, 2.05) is 0 Å². The summed E-state index contributed by atoms with van der Waals surface area (Å²) in [6.45, 7) is 0. The molecule has 0 saturated carbocycles. The van der Waals surface area contributed by atoms with Crippen LogP contribution in [0, 0.1) is 0 Å². The van der Waals surface area contributed by atoms with Gasteiger partial charge in [-0.3, -0.25) is 0 Å². The van der Waals surface area contributed by atoms with Gasteiger partial charge in [0.1, 0.15) is 0 Å². The predicted molar refractivity (Wildman–Crippen MR) is 15.2 cm³/mol. The van der Waals surface area contributed by atoms with Gasteiger partial charge in [0, 0.05) is 50.3 Å². The molecule has 8 nitrogen and oxygen atoms in total. The molecule has 16 heavy (non-hydrogen) atoms. The first-order chi connectivity index (χ1) is 4.00. The van der Waals surface area contributed by atoms with Gasteiger partial charge in [-0.05, 0) is 0 Å². The van der Waals surface area contributed by atoms with E-state index in [1.54, 1.807) is 0 Å². The molecule has 16 heteroatoms. The van der Waals surface area contributed by atoms with Gasteiger partial charge in [-0.15, -0.1) is 0 Å². The normalized spacial score (nSPS) is 7.38. The van der Waals surface area contributed by atoms with E-state index in [0.29, 0.717) is 0 Å². The third-order valence-corrected chi connectivity index (χ3v) is 0. The van der Waals surface area contributed by atoms with Crippen molar-refractivity contribution in [3.8, 4) is 0 Å². The first kappa shape index (κ1) is 50.4. The van der Waals surface area contributed by atoms with E-state index in [2.05, 4.69) is 0 Å². The predicted octanol–water partition coefficient (Wildman–Crippen LogP) is -5.66. The minimum absolute atomic E-state index is 0. The Balaban J connectivity index is -0.00000000970. The Hall–Kier alpha value is 3.61. The SMILES string of the molecule is O=P([O-])([O-])[O-].O=P([O-])([O-])[O-].[Co].[Co].[Co].[Zn+2].[Zn+2].[Zn+2]. The zero-order valence-electron chi connectivity index (χ0n) is 7.28. The molecule has 0 amide bonds. The summed E-state index contributed by atoms with van der Waals surface area (Å²) in [5.74, 6) is 0. The van der Waals surface area contributed by atoms with Crippen LogP contribution >= 0.6 is 15.6 Å². The Labute approximate surface area is 161 Å². The van der Waals surface area contributed by atoms with Crippen molar-refractivity contribution >= 4 is 15.6 Å². The molecule has 3 radical (unpaired) electrons. The van der Waals surface area contributed by atoms with Crippen molar-refractivity contribution in [2.24, 2.45) is 0 Å². The van der Waals surface area contributed by atoms with Gasteiger partial charge in [0.25, 0.3) is 0 Å². The monoisotopic (exact) mass is 558 g/mol. The second kappa shape index (κ2) is 23.7. The van der Waals surface area contributed by atoms with Gasteiger partial charge < -0.3 is 38.5 Å². The molecule has 0 aliphatic carbocycles. The van der Waals surface area contributed by atoms with Crippen LogP contribution in [0.1, 0.15) is 0 Å². The Morgan fingerprint density at radius 3 is 0.500 bits per heavy atom. The van der Waals surface area contributed by atoms with Crippen LogP contribution in [0.2, 0.25) is 0 Å². The van der Waals surface area contributed by atoms with Gasteiger partial charge in [0.2, 0.25) is 0 Å². The van der Waals surface area contributed by atoms with E-state index in [4.69, 9.17) is 38.5 Å². The average molecular weight is 563 g/mol. The van der Waals surface area contributed by atoms with Crippen molar-refractivity contribution < 1.29 is 147 Å². The molecule has 0 atom stereocenters. The van der Waals surface area contributed by atoms with Crippen LogP contribution < -0.4 is 29.4 Å². The van der Waals surface area contributed by atoms with Crippen LogP contribution in [0.3, 0.4) is 0 Å². The summed E-state index contributed by atoms with van der Waals surface area (Å²) in [7, 11) is -10.8. The van der Waals surface area contributed by atoms with Gasteiger partial charge in [-0.2, -0.15) is 15.6 Å². The van der Waals surface area contributed by atoms with Gasteiger partial charge in [-0.25, -0.2) is 0 Å². The standard InChI is InChI=1S/3Co.2H3O4P.3Zn/c;;;2*1-5(2,3)4;;;/h;;;2*(H3,1,2,3,4);;;/q;;;;;3*+2/p-6. The van der Waals surface area contributed by atoms with Crippen molar-refractivity contribution in [1.29, 1.82) is 0 Å². The molecule has 0 rings (SSSR count). The van der Waals surface area contributed by atoms with Crippen molar-refractivity contribution in [3.63, 3.8) is 0 Å². The first-order valence-electron chi connectivity index (χ1n) is 1.46. The molecular formula is Co3O8P2Zn3. The fourth-order valence-corrected chi connectivity index (χ4v) is 0. The summed E-state index contributed by atoms with van der Waals surface area (Å²) in [5, 5.41) is 0. The Morgan fingerprint density at radius 1 is 0.500 bits per heavy atom. The molecule has 0 aromatic carbocycles. The summed E-state index contributed by atoms with van der Waals surface area (Å²) in [6.07, 6.45) is 0. The summed E-state index contributed by atoms with van der Waals surface area (Å²) in [4.78, 5) is 51.3. The molecule has 0 aliphatic rings. The van der Waals surface area contributed by atoms with Gasteiger partial charge >= 0.3 is 58.4 Å². The summed E-state index contributed by atoms with van der Waals surface area (Å²) in [5.41, 5.74) is 0. The smallest absolute Gasteiger partial charge is 0.822 e. The van der Waals surface area contributed by atoms with Gasteiger partial charge in [0.05, 0.1) is 0 Å². The molecular weight excluding hydrogens is 563 g/mol. The fourth-order valence-electron chi connectivity index (χ4n) is 0. The van der Waals surface area contributed by atoms with Crippen molar-refractivity contribution in [2.75, 3.05) is 0 Å². The zero-order chi connectivity index (χ0) is 9.00. The molecule has 91 valence electrons. The fraction of sp³-hybridized carbons (Fsp3) is 0. The topological polar surface area (TPSA) is 172 Å². The molecule has 0 spiro atoms. The second-order valence-electron chi connectivity index (χ2n) is 0.894. The summed E-state index contributed by atoms with van der Waals surface area (Å²) < 4.78 is 17.1. The molecule has 0 aromatic rings. The number of hydrogen-bond acceptors (Lipinski definition) is 8. The van der Waals surface area contributed by atoms with E-state index >= 15 is 0 Å². The molecule has 0 aromatic heterocycles. The van der Waals surface area contributed by atoms with Crippen LogP contribution in [-0.2, 0) is 118 Å². The van der Waals surface area contributed by atoms with Crippen molar-refractivity contribution in [1.82, 2.24) is 0 Å². The minimum atomic E-state index is -5.39. The maximum absolute atomic E-state index is 8.55. The van der Waals surface area contributed by atoms with Crippen LogP contribution in [0.4, 0.5) is 0 Å². The molecule has 0 saturated heterocycles. The van der Waals surface area contributed by atoms with Crippen molar-refractivity contribution in [2.45, 2.75) is 0 Å². The number of hydrogen-bond donors (Lipinski definition) is 0. The number of rotatable bonds is 0. The van der Waals surface area contributed by atoms with E-state index in [0.717, 1.165) is 0 Å². The Kier molecular flexibility index (Phi) is 74.6. The Morgan fingerprint density at radius 2 is 0.500 bits per heavy atom. The van der Waals surface area contributed by atoms with E-state index < -0.39 is 15.6 Å². The van der Waals surface area contributed by atoms with Crippen LogP contribution in [-0.4, -0.2) is 0 Å². The molecule has 0 heterocycles. The summed E-state index contributed by atoms with van der Waals surface area (Å²) in [6, 6.07) is 0. The largest absolute Gasteiger partial charge is 2.00 e. The van der Waals surface area contributed by atoms with E-state index in [9.17, 15) is 0 Å². The second-order valence-corrected chi connectivity index (χ2v) is 2.68. The maximum Gasteiger partial charge on any atom is 2.00 e. The van der Waals surface area contributed by atoms with Crippen molar-refractivity contribution in [3.05, 3.63) is 0 Å². The zero-order valence-corrected chi connectivity index (χ0v) is 21.1. The van der Waals surface area contributed by atoms with E-state index in [-0.39, 0.29) is 109 Å². The first-order valence-corrected chi connectivity index (χ1v) is 4.38. The quantitative estimate of drug-likeness (QED) is 0.207. The van der Waals surface area contributed by atoms with Crippen LogP contribution in [0.15, 0.2) is 0 Å². The van der Waals surface area contributed by atoms with Gasteiger partial charge in [0.15, 0.2) is 0 Å². The third-order valence-electron chi connectivity index (χ3n) is 0. The third kappa shape index (κ3) is 373. The minimum Gasteiger partial charge on any atom is -0.822 e. The molecule has 0 unspecified atom stereocenters. The van der Waals surface area contributed by atoms with Gasteiger partial charge in [-0.1, -0.05) is 0 Å². The average Bonchev–Trinajstić information content (AvgIpc) is 1.12. The molecule has 0 bridgehead atoms. The molecule has 0 aliphatic heterocycles. The number of phosphoric acid groups is 2. The molecule has 0 fully saturated rings. The maximum atomic E-state index is 8.55. The van der Waals surface area contributed by atoms with Crippen LogP contribution in [0.25, 0.3) is 0 Å². The summed E-state index contributed by atoms with van der Waals surface area (Å²) >= 11 is 0. The van der Waals surface area contributed by atoms with E-state index in [1.165, 1.54) is 0 Å². The molecule has 0 N–H and O–H groups in total. The Bertz CT molecular complexity index is 141. The van der Waals surface area contributed by atoms with Crippen LogP contribution in [0.5, 0.6) is 0 Å².